The molecule has 0 unspecified atom stereocenters. The molecule has 0 aliphatic heterocycles. The summed E-state index contributed by atoms with van der Waals surface area (Å²) in [6, 6.07) is 26.7. The van der Waals surface area contributed by atoms with Crippen molar-refractivity contribution < 1.29 is 51.0 Å². The third kappa shape index (κ3) is 4.63. The Balaban J connectivity index is 0.00000113. The van der Waals surface area contributed by atoms with E-state index in [9.17, 15) is 0 Å². The Bertz CT molecular complexity index is 972. The van der Waals surface area contributed by atoms with Gasteiger partial charge in [-0.3, -0.25) is 0 Å². The molecular formula is C23H21Cl2Zr. The van der Waals surface area contributed by atoms with E-state index >= 15 is 0 Å². The molecule has 4 aromatic rings. The molecule has 0 heterocycles. The monoisotopic (exact) mass is 457 g/mol. The van der Waals surface area contributed by atoms with Crippen LogP contribution in [0.15, 0.2) is 72.8 Å². The molecule has 0 bridgehead atoms. The van der Waals surface area contributed by atoms with Crippen molar-refractivity contribution in [3.8, 4) is 11.1 Å². The summed E-state index contributed by atoms with van der Waals surface area (Å²) in [5.74, 6) is 0. The van der Waals surface area contributed by atoms with Crippen LogP contribution >= 0.6 is 0 Å². The number of fused-ring (bicyclic) bond motifs is 2. The molecule has 1 radical (unpaired) electrons. The summed E-state index contributed by atoms with van der Waals surface area (Å²) in [5, 5.41) is 5.35. The number of rotatable bonds is 4. The zero-order valence-electron chi connectivity index (χ0n) is 14.8. The molecule has 4 aromatic carbocycles. The van der Waals surface area contributed by atoms with E-state index in [0.717, 1.165) is 0 Å². The van der Waals surface area contributed by atoms with Crippen LogP contribution in [0.2, 0.25) is 0 Å². The number of hydrogen-bond acceptors (Lipinski definition) is 0. The van der Waals surface area contributed by atoms with Gasteiger partial charge in [-0.05, 0) is 28.8 Å². The van der Waals surface area contributed by atoms with Crippen molar-refractivity contribution in [2.45, 2.75) is 26.2 Å². The van der Waals surface area contributed by atoms with Crippen molar-refractivity contribution in [1.82, 2.24) is 0 Å². The second kappa shape index (κ2) is 10.4. The smallest absolute Gasteiger partial charge is 1.00 e. The van der Waals surface area contributed by atoms with E-state index in [1.54, 1.807) is 0 Å². The van der Waals surface area contributed by atoms with Crippen LogP contribution in [0.5, 0.6) is 0 Å². The standard InChI is InChI=1S/C23H21.2ClH.Zr/c1-2-3-7-17-14-20-10-6-11-22(23(20)15-17)21-13-12-18-8-4-5-9-19(18)16-21;;;/h4-6,8-16H,2-3,7H2,1H3;2*1H;/q-1;;;+3/p-2. The van der Waals surface area contributed by atoms with Crippen LogP contribution in [0.1, 0.15) is 25.3 Å². The van der Waals surface area contributed by atoms with Crippen molar-refractivity contribution in [1.29, 1.82) is 0 Å². The molecule has 0 amide bonds. The van der Waals surface area contributed by atoms with Gasteiger partial charge in [0.2, 0.25) is 0 Å². The minimum absolute atomic E-state index is 0. The molecule has 0 aliphatic carbocycles. The molecule has 0 aliphatic rings. The van der Waals surface area contributed by atoms with Gasteiger partial charge < -0.3 is 24.8 Å². The predicted octanol–water partition coefficient (Wildman–Crippen LogP) is 0.727. The average molecular weight is 460 g/mol. The summed E-state index contributed by atoms with van der Waals surface area (Å²) >= 11 is 0. The Morgan fingerprint density at radius 2 is 1.58 bits per heavy atom. The summed E-state index contributed by atoms with van der Waals surface area (Å²) in [6.07, 6.45) is 3.70. The zero-order chi connectivity index (χ0) is 15.6. The fourth-order valence-electron chi connectivity index (χ4n) is 3.43. The van der Waals surface area contributed by atoms with Gasteiger partial charge in [-0.25, -0.2) is 0 Å². The summed E-state index contributed by atoms with van der Waals surface area (Å²) in [7, 11) is 0. The zero-order valence-corrected chi connectivity index (χ0v) is 18.8. The molecule has 0 saturated carbocycles. The Labute approximate surface area is 187 Å². The largest absolute Gasteiger partial charge is 3.00 e. The maximum absolute atomic E-state index is 2.38. The van der Waals surface area contributed by atoms with E-state index in [4.69, 9.17) is 0 Å². The molecule has 0 nitrogen and oxygen atoms in total. The first-order valence-electron chi connectivity index (χ1n) is 8.52. The average Bonchev–Trinajstić information content (AvgIpc) is 3.02. The number of hydrogen-bond donors (Lipinski definition) is 0. The van der Waals surface area contributed by atoms with E-state index in [-0.39, 0.29) is 51.0 Å². The van der Waals surface area contributed by atoms with Gasteiger partial charge in [-0.1, -0.05) is 67.8 Å². The SMILES string of the molecule is CCCCc1cc2c(-c3ccc4ccccc4c3)cccc2[cH-]1.[Cl-].[Cl-].[Zr+3]. The first-order chi connectivity index (χ1) is 11.3. The number of benzene rings is 3. The van der Waals surface area contributed by atoms with E-state index in [1.807, 2.05) is 0 Å². The molecule has 0 N–H and O–H groups in total. The van der Waals surface area contributed by atoms with Gasteiger partial charge >= 0.3 is 26.2 Å². The Kier molecular flexibility index (Phi) is 9.18. The van der Waals surface area contributed by atoms with Gasteiger partial charge in [0.15, 0.2) is 0 Å². The van der Waals surface area contributed by atoms with E-state index in [1.165, 1.54) is 57.5 Å². The van der Waals surface area contributed by atoms with Gasteiger partial charge in [-0.2, -0.15) is 6.07 Å². The van der Waals surface area contributed by atoms with Crippen LogP contribution in [0, 0.1) is 0 Å². The van der Waals surface area contributed by atoms with Gasteiger partial charge in [-0.15, -0.1) is 34.5 Å². The number of halogens is 2. The maximum atomic E-state index is 2.38. The minimum Gasteiger partial charge on any atom is -1.00 e. The van der Waals surface area contributed by atoms with Crippen LogP contribution in [0.25, 0.3) is 32.7 Å². The first kappa shape index (κ1) is 23.0. The van der Waals surface area contributed by atoms with Gasteiger partial charge in [0, 0.05) is 0 Å². The summed E-state index contributed by atoms with van der Waals surface area (Å²) < 4.78 is 0. The molecule has 0 saturated heterocycles. The van der Waals surface area contributed by atoms with Crippen molar-refractivity contribution in [3.63, 3.8) is 0 Å². The van der Waals surface area contributed by atoms with Crippen LogP contribution in [-0.4, -0.2) is 0 Å². The second-order valence-electron chi connectivity index (χ2n) is 6.34. The van der Waals surface area contributed by atoms with E-state index in [0.29, 0.717) is 0 Å². The normalized spacial score (nSPS) is 10.0. The van der Waals surface area contributed by atoms with Crippen LogP contribution in [0.4, 0.5) is 0 Å². The Morgan fingerprint density at radius 3 is 2.35 bits per heavy atom. The molecule has 26 heavy (non-hydrogen) atoms. The number of aryl methyl sites for hydroxylation is 1. The minimum atomic E-state index is 0. The van der Waals surface area contributed by atoms with Crippen molar-refractivity contribution in [2.75, 3.05) is 0 Å². The van der Waals surface area contributed by atoms with E-state index < -0.39 is 0 Å². The van der Waals surface area contributed by atoms with Crippen LogP contribution < -0.4 is 24.8 Å². The van der Waals surface area contributed by atoms with Crippen LogP contribution in [-0.2, 0) is 32.6 Å². The summed E-state index contributed by atoms with van der Waals surface area (Å²) in [5.41, 5.74) is 4.12. The quantitative estimate of drug-likeness (QED) is 0.395. The van der Waals surface area contributed by atoms with Gasteiger partial charge in [0.05, 0.1) is 0 Å². The molecule has 0 atom stereocenters. The molecule has 0 aromatic heterocycles. The van der Waals surface area contributed by atoms with E-state index in [2.05, 4.69) is 79.7 Å². The third-order valence-electron chi connectivity index (χ3n) is 4.69. The molecular weight excluding hydrogens is 438 g/mol. The molecule has 4 rings (SSSR count). The second-order valence-corrected chi connectivity index (χ2v) is 6.34. The van der Waals surface area contributed by atoms with Gasteiger partial charge in [0.1, 0.15) is 0 Å². The Hall–Kier alpha value is -1.01. The summed E-state index contributed by atoms with van der Waals surface area (Å²) in [4.78, 5) is 0. The molecule has 3 heteroatoms. The topological polar surface area (TPSA) is 0 Å². The Morgan fingerprint density at radius 1 is 0.808 bits per heavy atom. The molecule has 131 valence electrons. The predicted molar refractivity (Wildman–Crippen MR) is 101 cm³/mol. The number of unbranched alkanes of at least 4 members (excludes halogenated alkanes) is 1. The van der Waals surface area contributed by atoms with Crippen molar-refractivity contribution in [3.05, 3.63) is 78.4 Å². The van der Waals surface area contributed by atoms with Crippen molar-refractivity contribution in [2.24, 2.45) is 0 Å². The van der Waals surface area contributed by atoms with Crippen molar-refractivity contribution >= 4 is 21.5 Å². The van der Waals surface area contributed by atoms with Crippen LogP contribution in [0.3, 0.4) is 0 Å². The molecule has 0 fully saturated rings. The fraction of sp³-hybridized carbons (Fsp3) is 0.174. The van der Waals surface area contributed by atoms with Gasteiger partial charge in [0.25, 0.3) is 0 Å². The molecule has 0 spiro atoms. The summed E-state index contributed by atoms with van der Waals surface area (Å²) in [6.45, 7) is 2.25. The maximum Gasteiger partial charge on any atom is 3.00 e. The fourth-order valence-corrected chi connectivity index (χ4v) is 3.43. The first-order valence-corrected chi connectivity index (χ1v) is 8.52. The third-order valence-corrected chi connectivity index (χ3v) is 4.69.